The summed E-state index contributed by atoms with van der Waals surface area (Å²) in [5, 5.41) is 0.934. The van der Waals surface area contributed by atoms with Gasteiger partial charge in [0.15, 0.2) is 17.3 Å². The van der Waals surface area contributed by atoms with Crippen molar-refractivity contribution in [2.24, 2.45) is 0 Å². The third-order valence-electron chi connectivity index (χ3n) is 3.52. The van der Waals surface area contributed by atoms with Gasteiger partial charge in [0.1, 0.15) is 0 Å². The summed E-state index contributed by atoms with van der Waals surface area (Å²) in [7, 11) is 0. The second-order valence-electron chi connectivity index (χ2n) is 4.97. The second kappa shape index (κ2) is 4.49. The van der Waals surface area contributed by atoms with Crippen LogP contribution in [0, 0.1) is 11.6 Å². The number of H-pyrrole nitrogens is 2. The zero-order chi connectivity index (χ0) is 15.3. The van der Waals surface area contributed by atoms with Crippen LogP contribution in [-0.2, 0) is 0 Å². The molecule has 0 unspecified atom stereocenters. The Labute approximate surface area is 122 Å². The van der Waals surface area contributed by atoms with Gasteiger partial charge in [-0.15, -0.1) is 0 Å². The maximum absolute atomic E-state index is 13.3. The molecular weight excluding hydrogens is 288 g/mol. The Morgan fingerprint density at radius 3 is 2.50 bits per heavy atom. The van der Waals surface area contributed by atoms with Crippen molar-refractivity contribution in [3.05, 3.63) is 64.5 Å². The van der Waals surface area contributed by atoms with Crippen molar-refractivity contribution in [3.8, 4) is 11.4 Å². The number of benzene rings is 2. The van der Waals surface area contributed by atoms with E-state index in [9.17, 15) is 13.6 Å². The topological polar surface area (TPSA) is 61.5 Å². The van der Waals surface area contributed by atoms with Crippen molar-refractivity contribution in [2.45, 2.75) is 0 Å². The van der Waals surface area contributed by atoms with E-state index in [1.807, 2.05) is 24.3 Å². The van der Waals surface area contributed by atoms with Gasteiger partial charge in [0.25, 0.3) is 5.56 Å². The lowest BCUT2D eigenvalue weighted by atomic mass is 10.2. The van der Waals surface area contributed by atoms with E-state index in [0.717, 1.165) is 23.0 Å². The predicted octanol–water partition coefficient (Wildman–Crippen LogP) is 3.35. The fraction of sp³-hybridized carbons (Fsp3) is 0. The van der Waals surface area contributed by atoms with Crippen LogP contribution in [0.3, 0.4) is 0 Å². The highest BCUT2D eigenvalue weighted by Crippen LogP contribution is 2.22. The standard InChI is InChI=1S/C16H9F2N3O/c17-9-6-12-13(7-10(9)18)21-16(22)15(20-12)14-5-8-3-1-2-4-11(8)19-14/h1-7,19H,(H,21,22). The lowest BCUT2D eigenvalue weighted by Gasteiger charge is -2.02. The smallest absolute Gasteiger partial charge is 0.276 e. The second-order valence-corrected chi connectivity index (χ2v) is 4.97. The first-order valence-corrected chi connectivity index (χ1v) is 6.59. The highest BCUT2D eigenvalue weighted by molar-refractivity contribution is 5.86. The zero-order valence-electron chi connectivity index (χ0n) is 11.2. The van der Waals surface area contributed by atoms with Gasteiger partial charge in [-0.3, -0.25) is 4.79 Å². The van der Waals surface area contributed by atoms with Crippen LogP contribution in [0.15, 0.2) is 47.3 Å². The van der Waals surface area contributed by atoms with E-state index in [-0.39, 0.29) is 16.7 Å². The first kappa shape index (κ1) is 12.7. The average Bonchev–Trinajstić information content (AvgIpc) is 2.92. The molecule has 2 aromatic carbocycles. The van der Waals surface area contributed by atoms with Gasteiger partial charge in [-0.25, -0.2) is 13.8 Å². The molecule has 0 spiro atoms. The van der Waals surface area contributed by atoms with E-state index in [1.54, 1.807) is 6.07 Å². The van der Waals surface area contributed by atoms with Crippen molar-refractivity contribution in [1.29, 1.82) is 0 Å². The summed E-state index contributed by atoms with van der Waals surface area (Å²) in [6.45, 7) is 0. The van der Waals surface area contributed by atoms with Gasteiger partial charge < -0.3 is 9.97 Å². The Bertz CT molecular complexity index is 1050. The molecule has 0 atom stereocenters. The van der Waals surface area contributed by atoms with E-state index in [1.165, 1.54) is 0 Å². The van der Waals surface area contributed by atoms with Crippen LogP contribution in [-0.4, -0.2) is 15.0 Å². The van der Waals surface area contributed by atoms with Crippen LogP contribution in [0.4, 0.5) is 8.78 Å². The molecule has 0 saturated carbocycles. The molecule has 0 amide bonds. The van der Waals surface area contributed by atoms with E-state index < -0.39 is 17.2 Å². The third kappa shape index (κ3) is 1.88. The van der Waals surface area contributed by atoms with Gasteiger partial charge in [-0.2, -0.15) is 0 Å². The Balaban J connectivity index is 1.99. The monoisotopic (exact) mass is 297 g/mol. The summed E-state index contributed by atoms with van der Waals surface area (Å²) in [5.74, 6) is -2.03. The third-order valence-corrected chi connectivity index (χ3v) is 3.52. The molecule has 4 aromatic rings. The summed E-state index contributed by atoms with van der Waals surface area (Å²) < 4.78 is 26.5. The minimum atomic E-state index is -1.02. The first-order valence-electron chi connectivity index (χ1n) is 6.59. The van der Waals surface area contributed by atoms with Gasteiger partial charge in [0.2, 0.25) is 0 Å². The summed E-state index contributed by atoms with van der Waals surface area (Å²) >= 11 is 0. The van der Waals surface area contributed by atoms with E-state index in [4.69, 9.17) is 0 Å². The van der Waals surface area contributed by atoms with Crippen molar-refractivity contribution in [1.82, 2.24) is 15.0 Å². The number of nitrogens with one attached hydrogen (secondary N) is 2. The van der Waals surface area contributed by atoms with Crippen LogP contribution >= 0.6 is 0 Å². The van der Waals surface area contributed by atoms with Crippen molar-refractivity contribution >= 4 is 21.9 Å². The summed E-state index contributed by atoms with van der Waals surface area (Å²) in [6.07, 6.45) is 0. The number of hydrogen-bond donors (Lipinski definition) is 2. The minimum absolute atomic E-state index is 0.134. The normalized spacial score (nSPS) is 11.4. The van der Waals surface area contributed by atoms with Crippen LogP contribution in [0.1, 0.15) is 0 Å². The van der Waals surface area contributed by atoms with E-state index in [0.29, 0.717) is 5.69 Å². The summed E-state index contributed by atoms with van der Waals surface area (Å²) in [6, 6.07) is 11.2. The number of nitrogens with zero attached hydrogens (tertiary/aromatic N) is 1. The molecular formula is C16H9F2N3O. The zero-order valence-corrected chi connectivity index (χ0v) is 11.2. The average molecular weight is 297 g/mol. The van der Waals surface area contributed by atoms with E-state index in [2.05, 4.69) is 15.0 Å². The van der Waals surface area contributed by atoms with Gasteiger partial charge in [-0.05, 0) is 12.1 Å². The molecule has 0 aliphatic rings. The van der Waals surface area contributed by atoms with Crippen LogP contribution < -0.4 is 5.56 Å². The molecule has 0 radical (unpaired) electrons. The molecule has 4 rings (SSSR count). The molecule has 0 aliphatic heterocycles. The Hall–Kier alpha value is -3.02. The van der Waals surface area contributed by atoms with Gasteiger partial charge >= 0.3 is 0 Å². The fourth-order valence-corrected chi connectivity index (χ4v) is 2.47. The molecule has 2 aromatic heterocycles. The highest BCUT2D eigenvalue weighted by atomic mass is 19.2. The number of hydrogen-bond acceptors (Lipinski definition) is 2. The lowest BCUT2D eigenvalue weighted by molar-refractivity contribution is 0.510. The van der Waals surface area contributed by atoms with Gasteiger partial charge in [0.05, 0.1) is 16.7 Å². The molecule has 0 saturated heterocycles. The molecule has 22 heavy (non-hydrogen) atoms. The van der Waals surface area contributed by atoms with Crippen molar-refractivity contribution in [3.63, 3.8) is 0 Å². The SMILES string of the molecule is O=c1[nH]c2cc(F)c(F)cc2nc1-c1cc2ccccc2[nH]1. The molecule has 6 heteroatoms. The number of para-hydroxylation sites is 1. The molecule has 0 bridgehead atoms. The van der Waals surface area contributed by atoms with Crippen molar-refractivity contribution < 1.29 is 8.78 Å². The Morgan fingerprint density at radius 2 is 1.68 bits per heavy atom. The first-order chi connectivity index (χ1) is 10.6. The number of fused-ring (bicyclic) bond motifs is 2. The maximum Gasteiger partial charge on any atom is 0.276 e. The Morgan fingerprint density at radius 1 is 0.909 bits per heavy atom. The maximum atomic E-state index is 13.3. The highest BCUT2D eigenvalue weighted by Gasteiger charge is 2.12. The molecule has 4 nitrogen and oxygen atoms in total. The largest absolute Gasteiger partial charge is 0.353 e. The lowest BCUT2D eigenvalue weighted by Crippen LogP contribution is -2.12. The fourth-order valence-electron chi connectivity index (χ4n) is 2.47. The molecule has 108 valence electrons. The number of rotatable bonds is 1. The molecule has 0 aliphatic carbocycles. The number of aromatic amines is 2. The molecule has 2 N–H and O–H groups in total. The van der Waals surface area contributed by atoms with E-state index >= 15 is 0 Å². The minimum Gasteiger partial charge on any atom is -0.353 e. The quantitative estimate of drug-likeness (QED) is 0.566. The number of halogens is 2. The van der Waals surface area contributed by atoms with Crippen LogP contribution in [0.5, 0.6) is 0 Å². The number of aromatic nitrogens is 3. The van der Waals surface area contributed by atoms with Gasteiger partial charge in [0, 0.05) is 23.0 Å². The molecule has 0 fully saturated rings. The Kier molecular flexibility index (Phi) is 2.59. The van der Waals surface area contributed by atoms with Crippen LogP contribution in [0.25, 0.3) is 33.3 Å². The predicted molar refractivity (Wildman–Crippen MR) is 79.6 cm³/mol. The molecule has 2 heterocycles. The van der Waals surface area contributed by atoms with Crippen molar-refractivity contribution in [2.75, 3.05) is 0 Å². The van der Waals surface area contributed by atoms with Gasteiger partial charge in [-0.1, -0.05) is 18.2 Å². The summed E-state index contributed by atoms with van der Waals surface area (Å²) in [5.41, 5.74) is 1.40. The summed E-state index contributed by atoms with van der Waals surface area (Å²) in [4.78, 5) is 21.9. The van der Waals surface area contributed by atoms with Crippen LogP contribution in [0.2, 0.25) is 0 Å².